The molecule has 1 amide bonds. The first-order chi connectivity index (χ1) is 13.3. The van der Waals surface area contributed by atoms with Crippen molar-refractivity contribution < 1.29 is 14.7 Å². The second-order valence-electron chi connectivity index (χ2n) is 7.27. The van der Waals surface area contributed by atoms with E-state index in [1.165, 1.54) is 12.1 Å². The van der Waals surface area contributed by atoms with Gasteiger partial charge in [0.25, 0.3) is 0 Å². The molecule has 0 saturated heterocycles. The van der Waals surface area contributed by atoms with Crippen LogP contribution in [-0.2, 0) is 4.79 Å². The fourth-order valence-electron chi connectivity index (χ4n) is 3.82. The van der Waals surface area contributed by atoms with Crippen LogP contribution in [0.1, 0.15) is 45.1 Å². The molecule has 6 nitrogen and oxygen atoms in total. The number of fused-ring (bicyclic) bond motifs is 1. The number of hydrogen-bond acceptors (Lipinski definition) is 4. The van der Waals surface area contributed by atoms with Crippen molar-refractivity contribution in [2.75, 3.05) is 5.32 Å². The van der Waals surface area contributed by atoms with Crippen molar-refractivity contribution in [2.45, 2.75) is 33.1 Å². The molecule has 0 radical (unpaired) electrons. The Morgan fingerprint density at radius 1 is 1.14 bits per heavy atom. The first-order valence-electron chi connectivity index (χ1n) is 9.15. The summed E-state index contributed by atoms with van der Waals surface area (Å²) in [5, 5.41) is 17.0. The summed E-state index contributed by atoms with van der Waals surface area (Å²) in [5.41, 5.74) is 4.97. The standard InChI is InChI=1S/C22H21N3O3/c1-12-4-9-18(13(2)10-12)25-22-20(14(3)24-25)17(11-19(27)23-22)21(28)15-5-7-16(26)8-6-15/h4-10,17,26H,11H2,1-3H3,(H,23,27)/t17-/m0/s1. The first-order valence-corrected chi connectivity index (χ1v) is 9.15. The minimum absolute atomic E-state index is 0.0755. The number of phenolic OH excluding ortho intramolecular Hbond substituents is 1. The average molecular weight is 375 g/mol. The molecule has 2 N–H and O–H groups in total. The number of benzene rings is 2. The molecule has 0 fully saturated rings. The zero-order valence-corrected chi connectivity index (χ0v) is 16.0. The molecule has 3 aromatic rings. The Balaban J connectivity index is 1.83. The summed E-state index contributed by atoms with van der Waals surface area (Å²) in [6.07, 6.45) is 0.0755. The highest BCUT2D eigenvalue weighted by Crippen LogP contribution is 2.38. The van der Waals surface area contributed by atoms with Crippen LogP contribution in [0.5, 0.6) is 5.75 Å². The number of hydrogen-bond donors (Lipinski definition) is 2. The highest BCUT2D eigenvalue weighted by molar-refractivity contribution is 6.08. The Bertz CT molecular complexity index is 1100. The van der Waals surface area contributed by atoms with Crippen molar-refractivity contribution in [1.82, 2.24) is 9.78 Å². The van der Waals surface area contributed by atoms with Crippen molar-refractivity contribution in [3.05, 3.63) is 70.4 Å². The maximum atomic E-state index is 13.1. The van der Waals surface area contributed by atoms with Gasteiger partial charge in [-0.3, -0.25) is 9.59 Å². The molecular weight excluding hydrogens is 354 g/mol. The molecule has 0 unspecified atom stereocenters. The van der Waals surface area contributed by atoms with Gasteiger partial charge in [-0.25, -0.2) is 4.68 Å². The number of ketones is 1. The second-order valence-corrected chi connectivity index (χ2v) is 7.27. The van der Waals surface area contributed by atoms with E-state index in [4.69, 9.17) is 0 Å². The summed E-state index contributed by atoms with van der Waals surface area (Å²) < 4.78 is 1.72. The number of carbonyl (C=O) groups is 2. The molecular formula is C22H21N3O3. The Labute approximate surface area is 162 Å². The second kappa shape index (κ2) is 6.64. The minimum Gasteiger partial charge on any atom is -0.508 e. The molecule has 0 spiro atoms. The molecule has 2 heterocycles. The molecule has 0 saturated carbocycles. The number of carbonyl (C=O) groups excluding carboxylic acids is 2. The SMILES string of the molecule is Cc1ccc(-n2nc(C)c3c2NC(=O)C[C@@H]3C(=O)c2ccc(O)cc2)c(C)c1. The van der Waals surface area contributed by atoms with Crippen LogP contribution >= 0.6 is 0 Å². The average Bonchev–Trinajstić information content (AvgIpc) is 2.97. The van der Waals surface area contributed by atoms with Gasteiger partial charge in [0, 0.05) is 17.5 Å². The number of aromatic nitrogens is 2. The van der Waals surface area contributed by atoms with Crippen molar-refractivity contribution in [3.63, 3.8) is 0 Å². The van der Waals surface area contributed by atoms with Crippen LogP contribution in [0.3, 0.4) is 0 Å². The molecule has 0 aliphatic carbocycles. The molecule has 6 heteroatoms. The van der Waals surface area contributed by atoms with E-state index in [1.807, 2.05) is 32.9 Å². The fraction of sp³-hybridized carbons (Fsp3) is 0.227. The third kappa shape index (κ3) is 2.97. The highest BCUT2D eigenvalue weighted by atomic mass is 16.3. The van der Waals surface area contributed by atoms with Crippen LogP contribution in [0, 0.1) is 20.8 Å². The highest BCUT2D eigenvalue weighted by Gasteiger charge is 2.36. The smallest absolute Gasteiger partial charge is 0.226 e. The van der Waals surface area contributed by atoms with Gasteiger partial charge in [-0.1, -0.05) is 17.7 Å². The number of nitrogens with zero attached hydrogens (tertiary/aromatic N) is 2. The molecule has 4 rings (SSSR count). The van der Waals surface area contributed by atoms with E-state index in [2.05, 4.69) is 16.5 Å². The lowest BCUT2D eigenvalue weighted by atomic mass is 9.85. The Hall–Kier alpha value is -3.41. The fourth-order valence-corrected chi connectivity index (χ4v) is 3.82. The van der Waals surface area contributed by atoms with Gasteiger partial charge in [0.05, 0.1) is 17.3 Å². The number of anilines is 1. The molecule has 2 aromatic carbocycles. The molecule has 1 atom stereocenters. The van der Waals surface area contributed by atoms with Gasteiger partial charge < -0.3 is 10.4 Å². The topological polar surface area (TPSA) is 84.2 Å². The third-order valence-electron chi connectivity index (χ3n) is 5.15. The van der Waals surface area contributed by atoms with Gasteiger partial charge in [-0.15, -0.1) is 0 Å². The first kappa shape index (κ1) is 18.0. The Morgan fingerprint density at radius 2 is 1.86 bits per heavy atom. The van der Waals surface area contributed by atoms with Crippen LogP contribution in [0.25, 0.3) is 5.69 Å². The molecule has 1 aliphatic heterocycles. The van der Waals surface area contributed by atoms with Crippen molar-refractivity contribution >= 4 is 17.5 Å². The van der Waals surface area contributed by atoms with Crippen LogP contribution in [0.15, 0.2) is 42.5 Å². The summed E-state index contributed by atoms with van der Waals surface area (Å²) in [4.78, 5) is 25.5. The number of aromatic hydroxyl groups is 1. The predicted molar refractivity (Wildman–Crippen MR) is 106 cm³/mol. The summed E-state index contributed by atoms with van der Waals surface area (Å²) >= 11 is 0. The number of phenols is 1. The maximum Gasteiger partial charge on any atom is 0.226 e. The summed E-state index contributed by atoms with van der Waals surface area (Å²) in [5.74, 6) is -0.321. The van der Waals surface area contributed by atoms with E-state index >= 15 is 0 Å². The van der Waals surface area contributed by atoms with Gasteiger partial charge in [-0.2, -0.15) is 5.10 Å². The quantitative estimate of drug-likeness (QED) is 0.682. The van der Waals surface area contributed by atoms with Crippen molar-refractivity contribution in [3.8, 4) is 11.4 Å². The van der Waals surface area contributed by atoms with Gasteiger partial charge in [0.1, 0.15) is 11.6 Å². The van der Waals surface area contributed by atoms with Gasteiger partial charge >= 0.3 is 0 Å². The van der Waals surface area contributed by atoms with Crippen LogP contribution < -0.4 is 5.32 Å². The van der Waals surface area contributed by atoms with E-state index in [9.17, 15) is 14.7 Å². The zero-order chi connectivity index (χ0) is 20.0. The van der Waals surface area contributed by atoms with Crippen LogP contribution in [0.4, 0.5) is 5.82 Å². The van der Waals surface area contributed by atoms with Gasteiger partial charge in [-0.05, 0) is 56.7 Å². The maximum absolute atomic E-state index is 13.1. The zero-order valence-electron chi connectivity index (χ0n) is 16.0. The van der Waals surface area contributed by atoms with E-state index in [1.54, 1.807) is 16.8 Å². The normalized spacial score (nSPS) is 15.8. The lowest BCUT2D eigenvalue weighted by Crippen LogP contribution is -2.28. The Kier molecular flexibility index (Phi) is 4.26. The van der Waals surface area contributed by atoms with Gasteiger partial charge in [0.15, 0.2) is 5.78 Å². The summed E-state index contributed by atoms with van der Waals surface area (Å²) in [6.45, 7) is 5.87. The Morgan fingerprint density at radius 3 is 2.54 bits per heavy atom. The van der Waals surface area contributed by atoms with E-state index in [0.717, 1.165) is 22.4 Å². The minimum atomic E-state index is -0.604. The van der Waals surface area contributed by atoms with Gasteiger partial charge in [0.2, 0.25) is 5.91 Å². The number of rotatable bonds is 3. The van der Waals surface area contributed by atoms with E-state index in [-0.39, 0.29) is 23.9 Å². The molecule has 1 aliphatic rings. The largest absolute Gasteiger partial charge is 0.508 e. The van der Waals surface area contributed by atoms with E-state index in [0.29, 0.717) is 17.1 Å². The number of amides is 1. The monoisotopic (exact) mass is 375 g/mol. The number of Topliss-reactive ketones (excluding diaryl/α,β-unsaturated/α-hetero) is 1. The van der Waals surface area contributed by atoms with E-state index < -0.39 is 5.92 Å². The number of nitrogens with one attached hydrogen (secondary N) is 1. The molecule has 1 aromatic heterocycles. The number of aryl methyl sites for hydroxylation is 3. The lowest BCUT2D eigenvalue weighted by molar-refractivity contribution is -0.116. The molecule has 142 valence electrons. The molecule has 0 bridgehead atoms. The third-order valence-corrected chi connectivity index (χ3v) is 5.15. The molecule has 28 heavy (non-hydrogen) atoms. The predicted octanol–water partition coefficient (Wildman–Crippen LogP) is 3.81. The van der Waals surface area contributed by atoms with Crippen molar-refractivity contribution in [1.29, 1.82) is 0 Å². The lowest BCUT2D eigenvalue weighted by Gasteiger charge is -2.23. The summed E-state index contributed by atoms with van der Waals surface area (Å²) in [6, 6.07) is 12.1. The summed E-state index contributed by atoms with van der Waals surface area (Å²) in [7, 11) is 0. The van der Waals surface area contributed by atoms with Crippen LogP contribution in [-0.4, -0.2) is 26.6 Å². The van der Waals surface area contributed by atoms with Crippen molar-refractivity contribution in [2.24, 2.45) is 0 Å². The van der Waals surface area contributed by atoms with Crippen LogP contribution in [0.2, 0.25) is 0 Å².